The summed E-state index contributed by atoms with van der Waals surface area (Å²) in [4.78, 5) is 3.27. The first-order valence-electron chi connectivity index (χ1n) is 14.1. The van der Waals surface area contributed by atoms with Gasteiger partial charge in [0.15, 0.2) is 0 Å². The van der Waals surface area contributed by atoms with Gasteiger partial charge in [0.25, 0.3) is 10.1 Å². The molecule has 0 heterocycles. The van der Waals surface area contributed by atoms with Gasteiger partial charge in [0.05, 0.1) is 33.3 Å². The Balaban J connectivity index is 0.00000292. The summed E-state index contributed by atoms with van der Waals surface area (Å²) < 4.78 is 69.2. The fraction of sp³-hybridized carbons (Fsp3) is 0. The summed E-state index contributed by atoms with van der Waals surface area (Å²) in [5.41, 5.74) is 14.0. The van der Waals surface area contributed by atoms with E-state index in [1.54, 1.807) is 48.5 Å². The van der Waals surface area contributed by atoms with Crippen molar-refractivity contribution in [2.45, 2.75) is 9.79 Å². The second kappa shape index (κ2) is 16.1. The smallest absolute Gasteiger partial charge is 0.858 e. The van der Waals surface area contributed by atoms with Gasteiger partial charge in [0.1, 0.15) is 26.4 Å². The quantitative estimate of drug-likeness (QED) is 0.0493. The molecule has 0 saturated heterocycles. The van der Waals surface area contributed by atoms with Crippen LogP contribution in [0.25, 0.3) is 21.5 Å². The Labute approximate surface area is 336 Å². The van der Waals surface area contributed by atoms with Crippen molar-refractivity contribution in [3.8, 4) is 0 Å². The largest absolute Gasteiger partial charge is 1.00 e. The minimum Gasteiger partial charge on any atom is -0.858 e. The minimum absolute atomic E-state index is 0. The molecule has 0 aliphatic carbocycles. The number of anilines is 2. The molecule has 0 saturated carbocycles. The van der Waals surface area contributed by atoms with Gasteiger partial charge in [0, 0.05) is 21.5 Å². The number of fused-ring (bicyclic) bond motifs is 2. The van der Waals surface area contributed by atoms with E-state index in [1.807, 2.05) is 0 Å². The van der Waals surface area contributed by atoms with Gasteiger partial charge in [-0.1, -0.05) is 60.7 Å². The van der Waals surface area contributed by atoms with Crippen molar-refractivity contribution in [3.63, 3.8) is 0 Å². The Morgan fingerprint density at radius 1 is 0.569 bits per heavy atom. The second-order valence-corrected chi connectivity index (χ2v) is 13.3. The van der Waals surface area contributed by atoms with Gasteiger partial charge in [-0.2, -0.15) is 18.6 Å². The summed E-state index contributed by atoms with van der Waals surface area (Å²) in [6.45, 7) is 0. The van der Waals surface area contributed by atoms with E-state index in [1.165, 1.54) is 48.5 Å². The molecule has 18 heteroatoms. The van der Waals surface area contributed by atoms with Crippen LogP contribution in [-0.2, 0) is 20.2 Å². The van der Waals surface area contributed by atoms with E-state index in [2.05, 4.69) is 25.4 Å². The van der Waals surface area contributed by atoms with E-state index in [9.17, 15) is 31.0 Å². The van der Waals surface area contributed by atoms with Crippen molar-refractivity contribution >= 4 is 87.5 Å². The van der Waals surface area contributed by atoms with Crippen LogP contribution in [0.1, 0.15) is 5.56 Å². The number of azo groups is 2. The molecule has 0 amide bonds. The first-order valence-corrected chi connectivity index (χ1v) is 17.0. The third-order valence-corrected chi connectivity index (χ3v) is 9.11. The molecule has 0 unspecified atom stereocenters. The average Bonchev–Trinajstić information content (AvgIpc) is 3.07. The zero-order valence-electron chi connectivity index (χ0n) is 27.0. The van der Waals surface area contributed by atoms with Gasteiger partial charge in [-0.3, -0.25) is 9.55 Å². The Morgan fingerprint density at radius 3 is 1.41 bits per heavy atom. The van der Waals surface area contributed by atoms with E-state index in [0.29, 0.717) is 27.8 Å². The summed E-state index contributed by atoms with van der Waals surface area (Å²) in [6, 6.07) is 27.1. The normalized spacial score (nSPS) is 12.3. The summed E-state index contributed by atoms with van der Waals surface area (Å²) in [7, 11) is -9.39. The van der Waals surface area contributed by atoms with Crippen molar-refractivity contribution in [3.05, 3.63) is 115 Å². The number of nitrogen functional groups attached to an aromatic ring is 2. The predicted octanol–water partition coefficient (Wildman–Crippen LogP) is 0.586. The number of nitrogens with zero attached hydrogens (tertiary/aromatic N) is 5. The van der Waals surface area contributed by atoms with Crippen molar-refractivity contribution < 1.29 is 90.2 Å². The maximum absolute atomic E-state index is 12.8. The van der Waals surface area contributed by atoms with E-state index in [-0.39, 0.29) is 103 Å². The molecule has 0 atom stereocenters. The Morgan fingerprint density at radius 2 is 0.961 bits per heavy atom. The van der Waals surface area contributed by atoms with Crippen LogP contribution in [-0.4, -0.2) is 31.8 Å². The van der Waals surface area contributed by atoms with Crippen LogP contribution in [0.3, 0.4) is 0 Å². The maximum atomic E-state index is 12.8. The summed E-state index contributed by atoms with van der Waals surface area (Å²) in [5, 5.41) is 30.3. The number of nitrogens with two attached hydrogens (primary N) is 2. The summed E-state index contributed by atoms with van der Waals surface area (Å²) in [5.74, 6) is -0.552. The van der Waals surface area contributed by atoms with Gasteiger partial charge in [-0.25, -0.2) is 8.42 Å². The molecule has 6 aromatic carbocycles. The molecule has 0 spiro atoms. The molecule has 6 rings (SSSR count). The number of aliphatic imine (C=N–C) groups is 1. The summed E-state index contributed by atoms with van der Waals surface area (Å²) >= 11 is 0. The molecule has 0 aliphatic rings. The number of benzene rings is 6. The number of hydrogen-bond acceptors (Lipinski definition) is 13. The molecule has 51 heavy (non-hydrogen) atoms. The maximum Gasteiger partial charge on any atom is 1.00 e. The topological polar surface area (TPSA) is 248 Å². The second-order valence-electron chi connectivity index (χ2n) is 10.5. The first-order chi connectivity index (χ1) is 23.3. The Hall–Kier alpha value is -4.07. The van der Waals surface area contributed by atoms with E-state index >= 15 is 0 Å². The van der Waals surface area contributed by atoms with E-state index in [4.69, 9.17) is 11.5 Å². The van der Waals surface area contributed by atoms with Gasteiger partial charge < -0.3 is 21.1 Å². The van der Waals surface area contributed by atoms with Crippen LogP contribution >= 0.6 is 0 Å². The van der Waals surface area contributed by atoms with Crippen molar-refractivity contribution in [2.24, 2.45) is 25.4 Å². The van der Waals surface area contributed by atoms with Crippen molar-refractivity contribution in [2.75, 3.05) is 11.5 Å². The first kappa shape index (κ1) is 39.7. The van der Waals surface area contributed by atoms with Crippen LogP contribution in [0.4, 0.5) is 39.8 Å². The van der Waals surface area contributed by atoms with Crippen molar-refractivity contribution in [1.29, 1.82) is 0 Å². The van der Waals surface area contributed by atoms with E-state index < -0.39 is 31.0 Å². The Kier molecular flexibility index (Phi) is 12.5. The number of hydrogen-bond donors (Lipinski definition) is 3. The third kappa shape index (κ3) is 8.88. The third-order valence-electron chi connectivity index (χ3n) is 7.34. The van der Waals surface area contributed by atoms with Gasteiger partial charge in [0.2, 0.25) is 0 Å². The van der Waals surface area contributed by atoms with Gasteiger partial charge in [-0.05, 0) is 60.0 Å². The molecule has 0 fully saturated rings. The van der Waals surface area contributed by atoms with Crippen LogP contribution in [0, 0.1) is 0 Å². The molecule has 5 N–H and O–H groups in total. The standard InChI is InChI=1S/C33H25N7O7S2.2Na/c34-31-25-7-3-1-5-23(25)29(48(42,43)44)17-27(31)39-37-21-11-9-19(10-12-21)33(41)36-20-13-15-22(16-14-20)38-40-28-18-30(49(45,46)47)24-6-2-4-8-26(24)32(28)35;;/h1-18H,34-35H2,(H,36,41)(H,42,43,44)(H,45,46,47);;/q;2*+1/p-2. The van der Waals surface area contributed by atoms with Crippen LogP contribution < -0.4 is 75.7 Å². The molecular formula is C33H23N7Na2O7S2. The predicted molar refractivity (Wildman–Crippen MR) is 182 cm³/mol. The van der Waals surface area contributed by atoms with Gasteiger partial charge in [-0.15, -0.1) is 10.2 Å². The molecule has 6 aromatic rings. The Bertz CT molecular complexity index is 2580. The summed E-state index contributed by atoms with van der Waals surface area (Å²) in [6.07, 6.45) is 0. The molecule has 14 nitrogen and oxygen atoms in total. The molecule has 0 bridgehead atoms. The SMILES string of the molecule is Nc1c(N=Nc2ccc(C([O-])=Nc3ccc(N=Nc4cc(S(=O)(=O)O)c5ccccc5c4N)cc3)cc2)cc(S(=O)(=O)[O-])c2ccccc12.[Na+].[Na+]. The average molecular weight is 740 g/mol. The fourth-order valence-corrected chi connectivity index (χ4v) is 6.38. The fourth-order valence-electron chi connectivity index (χ4n) is 4.96. The monoisotopic (exact) mass is 739 g/mol. The minimum atomic E-state index is -4.82. The molecular weight excluding hydrogens is 717 g/mol. The zero-order chi connectivity index (χ0) is 34.9. The van der Waals surface area contributed by atoms with Crippen LogP contribution in [0.2, 0.25) is 0 Å². The van der Waals surface area contributed by atoms with Crippen LogP contribution in [0.5, 0.6) is 0 Å². The molecule has 246 valence electrons. The number of rotatable bonds is 8. The van der Waals surface area contributed by atoms with E-state index in [0.717, 1.165) is 12.1 Å². The molecule has 0 aliphatic heterocycles. The van der Waals surface area contributed by atoms with Crippen molar-refractivity contribution in [1.82, 2.24) is 0 Å². The molecule has 0 radical (unpaired) electrons. The zero-order valence-corrected chi connectivity index (χ0v) is 32.6. The van der Waals surface area contributed by atoms with Gasteiger partial charge >= 0.3 is 59.1 Å². The molecule has 0 aromatic heterocycles. The van der Waals surface area contributed by atoms with Crippen LogP contribution in [0.15, 0.2) is 144 Å².